The number of nitro benzene ring substituents is 1. The lowest BCUT2D eigenvalue weighted by molar-refractivity contribution is -0.385. The van der Waals surface area contributed by atoms with E-state index in [1.54, 1.807) is 31.2 Å². The van der Waals surface area contributed by atoms with E-state index in [0.29, 0.717) is 28.5 Å². The van der Waals surface area contributed by atoms with Crippen molar-refractivity contribution in [1.82, 2.24) is 0 Å². The van der Waals surface area contributed by atoms with Crippen LogP contribution < -0.4 is 29.2 Å². The standard InChI is InChI=1S/C28H31N3O8/c1-28(2)27(32)30(3)26-21(15-38-25-13-17(31(33)34)7-12-23(25)36-5)19(10-11-22(26)29-28)20-9-8-18(39-16-35-4)14-24(20)37-6/h7-14,29H,15-16H2,1-6H3. The van der Waals surface area contributed by atoms with Crippen LogP contribution in [-0.4, -0.2) is 51.5 Å². The Balaban J connectivity index is 1.86. The molecule has 11 heteroatoms. The molecule has 0 radical (unpaired) electrons. The highest BCUT2D eigenvalue weighted by Gasteiger charge is 2.38. The summed E-state index contributed by atoms with van der Waals surface area (Å²) in [6, 6.07) is 13.4. The van der Waals surface area contributed by atoms with Gasteiger partial charge in [-0.1, -0.05) is 6.07 Å². The molecule has 0 unspecified atom stereocenters. The maximum absolute atomic E-state index is 13.2. The Morgan fingerprint density at radius 1 is 0.923 bits per heavy atom. The Bertz CT molecular complexity index is 1410. The number of ether oxygens (including phenoxy) is 5. The van der Waals surface area contributed by atoms with Crippen LogP contribution in [0.3, 0.4) is 0 Å². The minimum absolute atomic E-state index is 0.0269. The molecule has 1 amide bonds. The third-order valence-corrected chi connectivity index (χ3v) is 6.44. The van der Waals surface area contributed by atoms with Gasteiger partial charge in [-0.2, -0.15) is 0 Å². The summed E-state index contributed by atoms with van der Waals surface area (Å²) in [6.07, 6.45) is 0. The first kappa shape index (κ1) is 27.5. The summed E-state index contributed by atoms with van der Waals surface area (Å²) in [7, 11) is 6.26. The smallest absolute Gasteiger partial charge is 0.273 e. The molecule has 0 fully saturated rings. The summed E-state index contributed by atoms with van der Waals surface area (Å²) in [5, 5.41) is 14.7. The number of fused-ring (bicyclic) bond motifs is 1. The first-order chi connectivity index (χ1) is 18.6. The number of anilines is 2. The number of non-ortho nitro benzene ring substituents is 1. The average molecular weight is 538 g/mol. The van der Waals surface area contributed by atoms with Gasteiger partial charge in [0.25, 0.3) is 11.6 Å². The topological polar surface area (TPSA) is 122 Å². The molecule has 39 heavy (non-hydrogen) atoms. The van der Waals surface area contributed by atoms with Crippen molar-refractivity contribution in [2.75, 3.05) is 45.4 Å². The second kappa shape index (κ2) is 11.1. The first-order valence-electron chi connectivity index (χ1n) is 12.1. The third kappa shape index (κ3) is 5.39. The van der Waals surface area contributed by atoms with Crippen molar-refractivity contribution in [3.8, 4) is 34.1 Å². The number of carbonyl (C=O) groups is 1. The van der Waals surface area contributed by atoms with Crippen molar-refractivity contribution < 1.29 is 33.4 Å². The van der Waals surface area contributed by atoms with Gasteiger partial charge in [0, 0.05) is 37.4 Å². The molecular formula is C28H31N3O8. The van der Waals surface area contributed by atoms with Gasteiger partial charge in [0.2, 0.25) is 0 Å². The maximum atomic E-state index is 13.2. The van der Waals surface area contributed by atoms with Crippen LogP contribution in [0.5, 0.6) is 23.0 Å². The lowest BCUT2D eigenvalue weighted by Crippen LogP contribution is -2.52. The van der Waals surface area contributed by atoms with Crippen LogP contribution in [-0.2, 0) is 16.1 Å². The number of rotatable bonds is 10. The highest BCUT2D eigenvalue weighted by Crippen LogP contribution is 2.45. The zero-order valence-electron chi connectivity index (χ0n) is 22.7. The number of nitrogens with one attached hydrogen (secondary N) is 1. The van der Waals surface area contributed by atoms with Gasteiger partial charge < -0.3 is 33.9 Å². The van der Waals surface area contributed by atoms with E-state index in [4.69, 9.17) is 23.7 Å². The molecule has 206 valence electrons. The largest absolute Gasteiger partial charge is 0.496 e. The number of nitro groups is 1. The van der Waals surface area contributed by atoms with Gasteiger partial charge in [0.05, 0.1) is 36.6 Å². The number of amides is 1. The van der Waals surface area contributed by atoms with E-state index < -0.39 is 10.5 Å². The third-order valence-electron chi connectivity index (χ3n) is 6.44. The molecule has 1 aliphatic heterocycles. The zero-order chi connectivity index (χ0) is 28.3. The molecule has 0 aliphatic carbocycles. The molecule has 0 bridgehead atoms. The lowest BCUT2D eigenvalue weighted by Gasteiger charge is -2.39. The van der Waals surface area contributed by atoms with Crippen molar-refractivity contribution in [2.24, 2.45) is 0 Å². The van der Waals surface area contributed by atoms with Crippen LogP contribution in [0.15, 0.2) is 48.5 Å². The summed E-state index contributed by atoms with van der Waals surface area (Å²) in [4.78, 5) is 25.7. The van der Waals surface area contributed by atoms with Crippen LogP contribution in [0.1, 0.15) is 19.4 Å². The summed E-state index contributed by atoms with van der Waals surface area (Å²) in [5.41, 5.74) is 2.57. The predicted octanol–water partition coefficient (Wildman–Crippen LogP) is 5.01. The van der Waals surface area contributed by atoms with E-state index in [9.17, 15) is 14.9 Å². The molecule has 0 aromatic heterocycles. The number of hydrogen-bond donors (Lipinski definition) is 1. The van der Waals surface area contributed by atoms with Crippen molar-refractivity contribution in [1.29, 1.82) is 0 Å². The van der Waals surface area contributed by atoms with Gasteiger partial charge in [-0.3, -0.25) is 14.9 Å². The molecule has 4 rings (SSSR count). The second-order valence-corrected chi connectivity index (χ2v) is 9.40. The van der Waals surface area contributed by atoms with Crippen LogP contribution in [0, 0.1) is 10.1 Å². The van der Waals surface area contributed by atoms with Crippen LogP contribution in [0.4, 0.5) is 17.1 Å². The molecule has 3 aromatic carbocycles. The normalized spacial score (nSPS) is 13.8. The van der Waals surface area contributed by atoms with Crippen LogP contribution in [0.25, 0.3) is 11.1 Å². The molecular weight excluding hydrogens is 506 g/mol. The molecule has 1 N–H and O–H groups in total. The fourth-order valence-electron chi connectivity index (χ4n) is 4.58. The fraction of sp³-hybridized carbons (Fsp3) is 0.321. The molecule has 0 spiro atoms. The second-order valence-electron chi connectivity index (χ2n) is 9.40. The average Bonchev–Trinajstić information content (AvgIpc) is 2.93. The fourth-order valence-corrected chi connectivity index (χ4v) is 4.58. The molecule has 0 atom stereocenters. The van der Waals surface area contributed by atoms with E-state index in [0.717, 1.165) is 16.8 Å². The molecule has 0 saturated heterocycles. The Hall–Kier alpha value is -4.51. The maximum Gasteiger partial charge on any atom is 0.273 e. The minimum Gasteiger partial charge on any atom is -0.496 e. The minimum atomic E-state index is -0.817. The van der Waals surface area contributed by atoms with Gasteiger partial charge in [0.15, 0.2) is 18.3 Å². The highest BCUT2D eigenvalue weighted by atomic mass is 16.7. The predicted molar refractivity (Wildman–Crippen MR) is 146 cm³/mol. The van der Waals surface area contributed by atoms with Gasteiger partial charge >= 0.3 is 0 Å². The van der Waals surface area contributed by atoms with Crippen LogP contribution >= 0.6 is 0 Å². The number of methoxy groups -OCH3 is 3. The van der Waals surface area contributed by atoms with Crippen LogP contribution in [0.2, 0.25) is 0 Å². The van der Waals surface area contributed by atoms with Gasteiger partial charge in [-0.25, -0.2) is 0 Å². The monoisotopic (exact) mass is 537 g/mol. The summed E-state index contributed by atoms with van der Waals surface area (Å²) >= 11 is 0. The Kier molecular flexibility index (Phi) is 7.82. The molecule has 3 aromatic rings. The molecule has 11 nitrogen and oxygen atoms in total. The number of carbonyl (C=O) groups excluding carboxylic acids is 1. The zero-order valence-corrected chi connectivity index (χ0v) is 22.7. The lowest BCUT2D eigenvalue weighted by atomic mass is 9.91. The highest BCUT2D eigenvalue weighted by molar-refractivity contribution is 6.08. The van der Waals surface area contributed by atoms with Gasteiger partial charge in [-0.05, 0) is 43.7 Å². The number of nitrogens with zero attached hydrogens (tertiary/aromatic N) is 2. The number of likely N-dealkylation sites (N-methyl/N-ethyl adjacent to an activating group) is 1. The number of hydrogen-bond acceptors (Lipinski definition) is 9. The quantitative estimate of drug-likeness (QED) is 0.216. The summed E-state index contributed by atoms with van der Waals surface area (Å²) in [6.45, 7) is 3.68. The SMILES string of the molecule is COCOc1ccc(-c2ccc3c(c2COc2cc([N+](=O)[O-])ccc2OC)N(C)C(=O)C(C)(C)N3)c(OC)c1. The summed E-state index contributed by atoms with van der Waals surface area (Å²) < 4.78 is 27.8. The van der Waals surface area contributed by atoms with Crippen molar-refractivity contribution in [2.45, 2.75) is 26.0 Å². The van der Waals surface area contributed by atoms with Crippen molar-refractivity contribution in [3.63, 3.8) is 0 Å². The van der Waals surface area contributed by atoms with Gasteiger partial charge in [0.1, 0.15) is 23.6 Å². The van der Waals surface area contributed by atoms with E-state index >= 15 is 0 Å². The van der Waals surface area contributed by atoms with E-state index in [1.807, 2.05) is 32.0 Å². The van der Waals surface area contributed by atoms with Gasteiger partial charge in [-0.15, -0.1) is 0 Å². The molecule has 1 heterocycles. The van der Waals surface area contributed by atoms with Crippen molar-refractivity contribution >= 4 is 23.0 Å². The Labute approximate surface area is 226 Å². The van der Waals surface area contributed by atoms with E-state index in [2.05, 4.69) is 5.32 Å². The summed E-state index contributed by atoms with van der Waals surface area (Å²) in [5.74, 6) is 1.51. The van der Waals surface area contributed by atoms with E-state index in [1.165, 1.54) is 32.4 Å². The van der Waals surface area contributed by atoms with E-state index in [-0.39, 0.29) is 30.7 Å². The Morgan fingerprint density at radius 3 is 2.31 bits per heavy atom. The first-order valence-corrected chi connectivity index (χ1v) is 12.1. The van der Waals surface area contributed by atoms with Crippen molar-refractivity contribution in [3.05, 3.63) is 64.2 Å². The molecule has 0 saturated carbocycles. The Morgan fingerprint density at radius 2 is 1.64 bits per heavy atom. The molecule has 1 aliphatic rings. The number of benzene rings is 3.